The second kappa shape index (κ2) is 10.9. The Balaban J connectivity index is 1.24. The molecule has 0 aliphatic rings. The molecular formula is C50H31N. The molecule has 0 saturated heterocycles. The van der Waals surface area contributed by atoms with Gasteiger partial charge in [-0.05, 0) is 106 Å². The molecule has 1 heteroatoms. The Morgan fingerprint density at radius 1 is 0.275 bits per heavy atom. The van der Waals surface area contributed by atoms with Crippen molar-refractivity contribution in [3.63, 3.8) is 0 Å². The zero-order valence-corrected chi connectivity index (χ0v) is 27.8. The van der Waals surface area contributed by atoms with E-state index < -0.39 is 0 Å². The molecule has 0 aliphatic heterocycles. The van der Waals surface area contributed by atoms with Crippen molar-refractivity contribution >= 4 is 92.5 Å². The lowest BCUT2D eigenvalue weighted by Crippen LogP contribution is -2.10. The summed E-state index contributed by atoms with van der Waals surface area (Å²) in [6.07, 6.45) is 0. The summed E-state index contributed by atoms with van der Waals surface area (Å²) >= 11 is 0. The van der Waals surface area contributed by atoms with Crippen LogP contribution in [0, 0.1) is 0 Å². The highest BCUT2D eigenvalue weighted by Crippen LogP contribution is 2.48. The number of para-hydroxylation sites is 1. The van der Waals surface area contributed by atoms with Crippen LogP contribution in [0.15, 0.2) is 188 Å². The highest BCUT2D eigenvalue weighted by atomic mass is 15.1. The third kappa shape index (κ3) is 4.16. The van der Waals surface area contributed by atoms with Gasteiger partial charge >= 0.3 is 0 Å². The third-order valence-corrected chi connectivity index (χ3v) is 10.9. The lowest BCUT2D eigenvalue weighted by molar-refractivity contribution is 1.30. The average molecular weight is 646 g/mol. The van der Waals surface area contributed by atoms with Crippen molar-refractivity contribution in [3.8, 4) is 11.1 Å². The number of benzene rings is 10. The Morgan fingerprint density at radius 3 is 1.45 bits per heavy atom. The predicted molar refractivity (Wildman–Crippen MR) is 220 cm³/mol. The van der Waals surface area contributed by atoms with Crippen LogP contribution in [0.25, 0.3) is 86.5 Å². The van der Waals surface area contributed by atoms with Crippen LogP contribution in [0.3, 0.4) is 0 Å². The zero-order valence-electron chi connectivity index (χ0n) is 27.8. The Labute approximate surface area is 295 Å². The SMILES string of the molecule is c1ccc(N(c2ccc(-c3cccc4ccccc34)cc2)c2cc3cccc4c5cccc6ccc7cccc(c8cccc2c8c34)c7c65)cc1. The molecule has 0 aromatic heterocycles. The second-order valence-corrected chi connectivity index (χ2v) is 13.6. The minimum absolute atomic E-state index is 1.12. The van der Waals surface area contributed by atoms with Crippen molar-refractivity contribution in [2.75, 3.05) is 4.90 Å². The molecule has 0 spiro atoms. The predicted octanol–water partition coefficient (Wildman–Crippen LogP) is 14.3. The molecule has 11 rings (SSSR count). The van der Waals surface area contributed by atoms with Crippen molar-refractivity contribution in [1.82, 2.24) is 0 Å². The summed E-state index contributed by atoms with van der Waals surface area (Å²) in [5, 5.41) is 18.0. The normalized spacial score (nSPS) is 11.9. The Kier molecular flexibility index (Phi) is 6.02. The van der Waals surface area contributed by atoms with Gasteiger partial charge in [0.15, 0.2) is 0 Å². The van der Waals surface area contributed by atoms with Crippen LogP contribution in [0.5, 0.6) is 0 Å². The summed E-state index contributed by atoms with van der Waals surface area (Å²) < 4.78 is 0. The number of fused-ring (bicyclic) bond motifs is 3. The van der Waals surface area contributed by atoms with Gasteiger partial charge in [0.25, 0.3) is 0 Å². The van der Waals surface area contributed by atoms with Gasteiger partial charge in [0.05, 0.1) is 5.69 Å². The molecule has 236 valence electrons. The molecule has 0 amide bonds. The largest absolute Gasteiger partial charge is 0.310 e. The van der Waals surface area contributed by atoms with Crippen molar-refractivity contribution < 1.29 is 0 Å². The number of hydrogen-bond acceptors (Lipinski definition) is 1. The highest BCUT2D eigenvalue weighted by Gasteiger charge is 2.21. The first-order chi connectivity index (χ1) is 25.3. The Bertz CT molecular complexity index is 3120. The first kappa shape index (κ1) is 28.2. The molecule has 0 saturated carbocycles. The van der Waals surface area contributed by atoms with Crippen LogP contribution >= 0.6 is 0 Å². The number of anilines is 3. The van der Waals surface area contributed by atoms with Crippen molar-refractivity contribution in [2.45, 2.75) is 0 Å². The molecule has 0 heterocycles. The zero-order chi connectivity index (χ0) is 33.5. The summed E-state index contributed by atoms with van der Waals surface area (Å²) in [4.78, 5) is 2.44. The fourth-order valence-corrected chi connectivity index (χ4v) is 8.74. The monoisotopic (exact) mass is 645 g/mol. The van der Waals surface area contributed by atoms with E-state index in [1.54, 1.807) is 0 Å². The minimum atomic E-state index is 1.12. The molecular weight excluding hydrogens is 615 g/mol. The molecule has 0 atom stereocenters. The van der Waals surface area contributed by atoms with Crippen LogP contribution in [0.4, 0.5) is 17.1 Å². The fourth-order valence-electron chi connectivity index (χ4n) is 8.74. The molecule has 0 unspecified atom stereocenters. The van der Waals surface area contributed by atoms with E-state index in [1.807, 2.05) is 0 Å². The van der Waals surface area contributed by atoms with Gasteiger partial charge in [0.1, 0.15) is 0 Å². The van der Waals surface area contributed by atoms with Gasteiger partial charge < -0.3 is 4.90 Å². The molecule has 0 radical (unpaired) electrons. The first-order valence-electron chi connectivity index (χ1n) is 17.7. The van der Waals surface area contributed by atoms with Gasteiger partial charge in [-0.1, -0.05) is 158 Å². The highest BCUT2D eigenvalue weighted by molar-refractivity contribution is 6.38. The van der Waals surface area contributed by atoms with Crippen molar-refractivity contribution in [3.05, 3.63) is 188 Å². The van der Waals surface area contributed by atoms with E-state index in [-0.39, 0.29) is 0 Å². The molecule has 51 heavy (non-hydrogen) atoms. The van der Waals surface area contributed by atoms with Crippen LogP contribution < -0.4 is 4.90 Å². The van der Waals surface area contributed by atoms with E-state index in [4.69, 9.17) is 0 Å². The van der Waals surface area contributed by atoms with Gasteiger partial charge in [-0.15, -0.1) is 0 Å². The van der Waals surface area contributed by atoms with Crippen LogP contribution in [0.2, 0.25) is 0 Å². The lowest BCUT2D eigenvalue weighted by atomic mass is 9.87. The van der Waals surface area contributed by atoms with E-state index in [0.717, 1.165) is 11.4 Å². The summed E-state index contributed by atoms with van der Waals surface area (Å²) in [7, 11) is 0. The second-order valence-electron chi connectivity index (χ2n) is 13.6. The first-order valence-corrected chi connectivity index (χ1v) is 17.7. The maximum atomic E-state index is 2.44. The number of nitrogens with zero attached hydrogens (tertiary/aromatic N) is 1. The Hall–Kier alpha value is -6.70. The van der Waals surface area contributed by atoms with E-state index in [9.17, 15) is 0 Å². The number of hydrogen-bond donors (Lipinski definition) is 0. The standard InChI is InChI=1S/C50H31N/c1-2-16-37(17-3-1)51(38-29-27-33(28-30-38)40-19-6-12-32-11-4-5-18-39(32)40)46-31-36-15-9-22-42-41-20-7-13-34-25-26-35-14-8-21-43(48(35)47(34)41)44-23-10-24-45(46)50(44)49(36)42/h1-31H. The van der Waals surface area contributed by atoms with E-state index >= 15 is 0 Å². The molecule has 11 aromatic rings. The van der Waals surface area contributed by atoms with Crippen molar-refractivity contribution in [2.24, 2.45) is 0 Å². The summed E-state index contributed by atoms with van der Waals surface area (Å²) in [5.74, 6) is 0. The average Bonchev–Trinajstić information content (AvgIpc) is 3.20. The van der Waals surface area contributed by atoms with Gasteiger partial charge in [0.2, 0.25) is 0 Å². The van der Waals surface area contributed by atoms with Crippen LogP contribution in [0.1, 0.15) is 0 Å². The van der Waals surface area contributed by atoms with Crippen molar-refractivity contribution in [1.29, 1.82) is 0 Å². The minimum Gasteiger partial charge on any atom is -0.310 e. The number of rotatable bonds is 4. The van der Waals surface area contributed by atoms with Gasteiger partial charge in [-0.25, -0.2) is 0 Å². The van der Waals surface area contributed by atoms with Gasteiger partial charge in [0, 0.05) is 22.1 Å². The molecule has 0 fully saturated rings. The molecule has 1 nitrogen and oxygen atoms in total. The smallest absolute Gasteiger partial charge is 0.0546 e. The van der Waals surface area contributed by atoms with Crippen LogP contribution in [-0.2, 0) is 0 Å². The molecule has 11 aromatic carbocycles. The van der Waals surface area contributed by atoms with E-state index in [1.165, 1.54) is 92.2 Å². The Morgan fingerprint density at radius 2 is 0.745 bits per heavy atom. The molecule has 0 N–H and O–H groups in total. The summed E-state index contributed by atoms with van der Waals surface area (Å²) in [5.41, 5.74) is 5.87. The maximum Gasteiger partial charge on any atom is 0.0546 e. The summed E-state index contributed by atoms with van der Waals surface area (Å²) in [6.45, 7) is 0. The summed E-state index contributed by atoms with van der Waals surface area (Å²) in [6, 6.07) is 69.4. The maximum absolute atomic E-state index is 2.44. The fraction of sp³-hybridized carbons (Fsp3) is 0. The third-order valence-electron chi connectivity index (χ3n) is 10.9. The van der Waals surface area contributed by atoms with E-state index in [0.29, 0.717) is 0 Å². The lowest BCUT2D eigenvalue weighted by Gasteiger charge is -2.28. The quantitative estimate of drug-likeness (QED) is 0.172. The topological polar surface area (TPSA) is 3.24 Å². The molecule has 0 aliphatic carbocycles. The molecule has 0 bridgehead atoms. The van der Waals surface area contributed by atoms with E-state index in [2.05, 4.69) is 193 Å². The van der Waals surface area contributed by atoms with Crippen LogP contribution in [-0.4, -0.2) is 0 Å². The van der Waals surface area contributed by atoms with Gasteiger partial charge in [-0.2, -0.15) is 0 Å². The van der Waals surface area contributed by atoms with Gasteiger partial charge in [-0.3, -0.25) is 0 Å².